The maximum Gasteiger partial charge on any atom is 0.289 e. The molecule has 0 aliphatic carbocycles. The summed E-state index contributed by atoms with van der Waals surface area (Å²) in [5, 5.41) is 9.95. The Labute approximate surface area is 126 Å². The quantitative estimate of drug-likeness (QED) is 0.785. The number of anilines is 1. The summed E-state index contributed by atoms with van der Waals surface area (Å²) in [7, 11) is 0. The van der Waals surface area contributed by atoms with Crippen LogP contribution in [-0.4, -0.2) is 0 Å². The summed E-state index contributed by atoms with van der Waals surface area (Å²) in [5.41, 5.74) is 8.69. The number of benzene rings is 1. The molecule has 2 heterocycles. The van der Waals surface area contributed by atoms with Crippen LogP contribution in [0.1, 0.15) is 5.56 Å². The van der Waals surface area contributed by atoms with Crippen LogP contribution in [0.5, 0.6) is 0 Å². The summed E-state index contributed by atoms with van der Waals surface area (Å²) < 4.78 is 5.39. The van der Waals surface area contributed by atoms with E-state index in [1.807, 2.05) is 18.2 Å². The van der Waals surface area contributed by atoms with E-state index < -0.39 is 0 Å². The second kappa shape index (κ2) is 5.31. The fourth-order valence-corrected chi connectivity index (χ4v) is 2.26. The minimum absolute atomic E-state index is 0.302. The van der Waals surface area contributed by atoms with E-state index in [1.165, 1.54) is 0 Å². The molecular weight excluding hydrogens is 286 g/mol. The lowest BCUT2D eigenvalue weighted by Crippen LogP contribution is -2.16. The molecule has 5 heteroatoms. The zero-order chi connectivity index (χ0) is 14.8. The van der Waals surface area contributed by atoms with E-state index in [0.29, 0.717) is 27.7 Å². The average molecular weight is 297 g/mol. The number of nitrogens with zero attached hydrogens (tertiary/aromatic N) is 1. The number of aromatic nitrogens is 1. The van der Waals surface area contributed by atoms with Crippen LogP contribution in [0.25, 0.3) is 22.6 Å². The number of nitrogens with two attached hydrogens (primary N) is 1. The molecule has 0 radical (unpaired) electrons. The van der Waals surface area contributed by atoms with E-state index in [0.717, 1.165) is 11.3 Å². The van der Waals surface area contributed by atoms with Crippen molar-refractivity contribution < 1.29 is 9.40 Å². The molecule has 1 aromatic carbocycles. The van der Waals surface area contributed by atoms with Gasteiger partial charge in [-0.3, -0.25) is 5.73 Å². The summed E-state index contributed by atoms with van der Waals surface area (Å²) >= 11 is 5.90. The maximum atomic E-state index is 9.29. The number of hydrogen-bond acceptors (Lipinski definition) is 3. The normalized spacial score (nSPS) is 10.3. The minimum atomic E-state index is 0.302. The van der Waals surface area contributed by atoms with Gasteiger partial charge in [0.25, 0.3) is 5.82 Å². The molecule has 102 valence electrons. The first kappa shape index (κ1) is 13.2. The molecule has 2 aromatic heterocycles. The second-order valence-corrected chi connectivity index (χ2v) is 4.92. The van der Waals surface area contributed by atoms with Crippen LogP contribution < -0.4 is 10.7 Å². The molecule has 21 heavy (non-hydrogen) atoms. The molecule has 0 atom stereocenters. The molecule has 0 unspecified atom stereocenters. The van der Waals surface area contributed by atoms with E-state index in [1.54, 1.807) is 30.5 Å². The molecule has 0 fully saturated rings. The van der Waals surface area contributed by atoms with Gasteiger partial charge in [0.05, 0.1) is 6.26 Å². The Balaban J connectivity index is 2.21. The smallest absolute Gasteiger partial charge is 0.289 e. The lowest BCUT2D eigenvalue weighted by molar-refractivity contribution is -0.346. The van der Waals surface area contributed by atoms with Crippen molar-refractivity contribution in [3.63, 3.8) is 0 Å². The fraction of sp³-hybridized carbons (Fsp3) is 0. The Kier molecular flexibility index (Phi) is 3.35. The van der Waals surface area contributed by atoms with Gasteiger partial charge in [-0.15, -0.1) is 0 Å². The van der Waals surface area contributed by atoms with Crippen molar-refractivity contribution in [1.29, 1.82) is 5.26 Å². The Morgan fingerprint density at radius 3 is 2.57 bits per heavy atom. The molecule has 0 saturated carbocycles. The zero-order valence-electron chi connectivity index (χ0n) is 10.9. The van der Waals surface area contributed by atoms with Crippen molar-refractivity contribution in [2.24, 2.45) is 0 Å². The van der Waals surface area contributed by atoms with Crippen molar-refractivity contribution >= 4 is 17.4 Å². The largest absolute Gasteiger partial charge is 0.464 e. The number of halogens is 1. The summed E-state index contributed by atoms with van der Waals surface area (Å²) in [6.07, 6.45) is 1.56. The van der Waals surface area contributed by atoms with Crippen LogP contribution in [0, 0.1) is 11.3 Å². The SMILES string of the molecule is N#Cc1c(-c2ccco2)cc(-c2ccc(Cl)cc2)[nH+]c1N. The van der Waals surface area contributed by atoms with Crippen LogP contribution in [0.4, 0.5) is 5.82 Å². The number of pyridine rings is 1. The van der Waals surface area contributed by atoms with E-state index >= 15 is 0 Å². The standard InChI is InChI=1S/C16H10ClN3O/c17-11-5-3-10(4-6-11)14-8-12(15-2-1-7-21-15)13(9-18)16(19)20-14/h1-8H,(H2,19,20)/p+1. The van der Waals surface area contributed by atoms with Crippen LogP contribution in [-0.2, 0) is 0 Å². The molecule has 3 N–H and O–H groups in total. The molecule has 0 spiro atoms. The van der Waals surface area contributed by atoms with E-state index in [4.69, 9.17) is 21.8 Å². The fourth-order valence-electron chi connectivity index (χ4n) is 2.14. The average Bonchev–Trinajstić information content (AvgIpc) is 3.01. The summed E-state index contributed by atoms with van der Waals surface area (Å²) in [6, 6.07) is 14.9. The summed E-state index contributed by atoms with van der Waals surface area (Å²) in [4.78, 5) is 3.04. The van der Waals surface area contributed by atoms with Gasteiger partial charge in [0.15, 0.2) is 5.56 Å². The minimum Gasteiger partial charge on any atom is -0.464 e. The molecular formula is C16H11ClN3O+. The maximum absolute atomic E-state index is 9.29. The van der Waals surface area contributed by atoms with Gasteiger partial charge in [0, 0.05) is 16.1 Å². The number of nitrogens with one attached hydrogen (secondary N) is 1. The van der Waals surface area contributed by atoms with Gasteiger partial charge in [0.1, 0.15) is 17.5 Å². The third-order valence-corrected chi connectivity index (χ3v) is 3.40. The van der Waals surface area contributed by atoms with Crippen LogP contribution in [0.2, 0.25) is 5.02 Å². The predicted molar refractivity (Wildman–Crippen MR) is 80.3 cm³/mol. The number of rotatable bonds is 2. The monoisotopic (exact) mass is 296 g/mol. The third-order valence-electron chi connectivity index (χ3n) is 3.15. The second-order valence-electron chi connectivity index (χ2n) is 4.48. The number of H-pyrrole nitrogens is 1. The van der Waals surface area contributed by atoms with Crippen LogP contribution in [0.3, 0.4) is 0 Å². The first-order valence-electron chi connectivity index (χ1n) is 6.25. The number of furan rings is 1. The van der Waals surface area contributed by atoms with Crippen molar-refractivity contribution in [3.05, 3.63) is 59.3 Å². The summed E-state index contributed by atoms with van der Waals surface area (Å²) in [6.45, 7) is 0. The zero-order valence-corrected chi connectivity index (χ0v) is 11.7. The highest BCUT2D eigenvalue weighted by atomic mass is 35.5. The molecule has 0 aliphatic rings. The van der Waals surface area contributed by atoms with Gasteiger partial charge in [-0.2, -0.15) is 5.26 Å². The highest BCUT2D eigenvalue weighted by Crippen LogP contribution is 2.29. The van der Waals surface area contributed by atoms with Gasteiger partial charge >= 0.3 is 0 Å². The molecule has 3 rings (SSSR count). The van der Waals surface area contributed by atoms with Crippen molar-refractivity contribution in [1.82, 2.24) is 0 Å². The predicted octanol–water partition coefficient (Wildman–Crippen LogP) is 3.53. The Morgan fingerprint density at radius 1 is 1.19 bits per heavy atom. The molecule has 0 saturated heterocycles. The van der Waals surface area contributed by atoms with Gasteiger partial charge < -0.3 is 4.42 Å². The van der Waals surface area contributed by atoms with Crippen LogP contribution in [0.15, 0.2) is 53.1 Å². The first-order chi connectivity index (χ1) is 10.2. The molecule has 3 aromatic rings. The summed E-state index contributed by atoms with van der Waals surface area (Å²) in [5.74, 6) is 0.902. The number of aromatic amines is 1. The topological polar surface area (TPSA) is 77.1 Å². The lowest BCUT2D eigenvalue weighted by atomic mass is 10.0. The van der Waals surface area contributed by atoms with E-state index in [-0.39, 0.29) is 0 Å². The van der Waals surface area contributed by atoms with Crippen molar-refractivity contribution in [3.8, 4) is 28.7 Å². The highest BCUT2D eigenvalue weighted by molar-refractivity contribution is 6.30. The number of nitrogen functional groups attached to an aromatic ring is 1. The Hall–Kier alpha value is -2.77. The first-order valence-corrected chi connectivity index (χ1v) is 6.62. The molecule has 4 nitrogen and oxygen atoms in total. The van der Waals surface area contributed by atoms with Gasteiger partial charge in [-0.25, -0.2) is 4.98 Å². The van der Waals surface area contributed by atoms with Crippen molar-refractivity contribution in [2.75, 3.05) is 5.73 Å². The van der Waals surface area contributed by atoms with Crippen molar-refractivity contribution in [2.45, 2.75) is 0 Å². The molecule has 0 bridgehead atoms. The van der Waals surface area contributed by atoms with Gasteiger partial charge in [-0.1, -0.05) is 11.6 Å². The van der Waals surface area contributed by atoms with Gasteiger partial charge in [0.2, 0.25) is 0 Å². The highest BCUT2D eigenvalue weighted by Gasteiger charge is 2.18. The Morgan fingerprint density at radius 2 is 1.95 bits per heavy atom. The van der Waals surface area contributed by atoms with Crippen LogP contribution >= 0.6 is 11.6 Å². The Bertz CT molecular complexity index is 818. The molecule has 0 amide bonds. The number of hydrogen-bond donors (Lipinski definition) is 1. The third kappa shape index (κ3) is 2.47. The van der Waals surface area contributed by atoms with Gasteiger partial charge in [-0.05, 0) is 42.5 Å². The van der Waals surface area contributed by atoms with E-state index in [9.17, 15) is 5.26 Å². The lowest BCUT2D eigenvalue weighted by Gasteiger charge is -2.05. The van der Waals surface area contributed by atoms with E-state index in [2.05, 4.69) is 11.1 Å². The number of nitriles is 1. The molecule has 0 aliphatic heterocycles.